The summed E-state index contributed by atoms with van der Waals surface area (Å²) >= 11 is 0. The molecule has 1 N–H and O–H groups in total. The lowest BCUT2D eigenvalue weighted by atomic mass is 9.98. The minimum absolute atomic E-state index is 0.183. The normalized spacial score (nSPS) is 13.3. The minimum atomic E-state index is -0.248. The fraction of sp³-hybridized carbons (Fsp3) is 0.240. The number of nitrogens with one attached hydrogen (secondary N) is 1. The molecule has 0 fully saturated rings. The van der Waals surface area contributed by atoms with Gasteiger partial charge >= 0.3 is 0 Å². The van der Waals surface area contributed by atoms with Crippen LogP contribution in [0.4, 0.5) is 5.69 Å². The zero-order chi connectivity index (χ0) is 22.2. The first-order chi connectivity index (χ1) is 15.5. The number of anilines is 1. The molecule has 0 bridgehead atoms. The van der Waals surface area contributed by atoms with E-state index in [1.54, 1.807) is 6.07 Å². The SMILES string of the molecule is CCC(C)c1ccc(NC(=O)c2cc(C)nc3onc(-c4ccc5c(c4)OCO5)c23)cc1. The molecule has 1 aliphatic heterocycles. The summed E-state index contributed by atoms with van der Waals surface area (Å²) in [6.07, 6.45) is 1.07. The molecule has 4 aromatic rings. The van der Waals surface area contributed by atoms with Gasteiger partial charge in [0, 0.05) is 16.9 Å². The Balaban J connectivity index is 1.52. The Kier molecular flexibility index (Phi) is 5.01. The largest absolute Gasteiger partial charge is 0.454 e. The maximum Gasteiger partial charge on any atom is 0.259 e. The number of hydrogen-bond donors (Lipinski definition) is 1. The number of nitrogens with zero attached hydrogens (tertiary/aromatic N) is 2. The molecule has 0 aliphatic carbocycles. The molecule has 3 heterocycles. The van der Waals surface area contributed by atoms with E-state index in [2.05, 4.69) is 41.4 Å². The standard InChI is InChI=1S/C25H23N3O4/c1-4-14(2)16-5-8-18(9-6-16)27-24(29)19-11-15(3)26-25-22(19)23(28-32-25)17-7-10-20-21(12-17)31-13-30-20/h5-12,14H,4,13H2,1-3H3,(H,27,29). The number of rotatable bonds is 5. The number of aromatic nitrogens is 2. The van der Waals surface area contributed by atoms with Gasteiger partial charge in [-0.3, -0.25) is 4.79 Å². The molecule has 2 aromatic heterocycles. The molecular formula is C25H23N3O4. The van der Waals surface area contributed by atoms with Crippen molar-refractivity contribution in [2.75, 3.05) is 12.1 Å². The Hall–Kier alpha value is -3.87. The lowest BCUT2D eigenvalue weighted by Crippen LogP contribution is -2.13. The number of ether oxygens (including phenoxy) is 2. The van der Waals surface area contributed by atoms with Crippen LogP contribution in [-0.2, 0) is 0 Å². The number of hydrogen-bond acceptors (Lipinski definition) is 6. The van der Waals surface area contributed by atoms with Crippen LogP contribution >= 0.6 is 0 Å². The number of carbonyl (C=O) groups excluding carboxylic acids is 1. The summed E-state index contributed by atoms with van der Waals surface area (Å²) < 4.78 is 16.4. The third-order valence-electron chi connectivity index (χ3n) is 5.82. The monoisotopic (exact) mass is 429 g/mol. The maximum atomic E-state index is 13.3. The minimum Gasteiger partial charge on any atom is -0.454 e. The van der Waals surface area contributed by atoms with Gasteiger partial charge in [0.15, 0.2) is 11.5 Å². The highest BCUT2D eigenvalue weighted by Crippen LogP contribution is 2.38. The van der Waals surface area contributed by atoms with Crippen LogP contribution in [0.25, 0.3) is 22.4 Å². The second-order valence-corrected chi connectivity index (χ2v) is 7.98. The summed E-state index contributed by atoms with van der Waals surface area (Å²) in [5.41, 5.74) is 4.70. The molecule has 1 unspecified atom stereocenters. The zero-order valence-electron chi connectivity index (χ0n) is 18.1. The van der Waals surface area contributed by atoms with Crippen molar-refractivity contribution in [3.05, 3.63) is 65.4 Å². The van der Waals surface area contributed by atoms with Crippen LogP contribution in [0.2, 0.25) is 0 Å². The zero-order valence-corrected chi connectivity index (χ0v) is 18.1. The summed E-state index contributed by atoms with van der Waals surface area (Å²) in [7, 11) is 0. The summed E-state index contributed by atoms with van der Waals surface area (Å²) in [6.45, 7) is 6.35. The van der Waals surface area contributed by atoms with Gasteiger partial charge in [-0.15, -0.1) is 0 Å². The lowest BCUT2D eigenvalue weighted by Gasteiger charge is -2.11. The van der Waals surface area contributed by atoms with Crippen molar-refractivity contribution < 1.29 is 18.8 Å². The summed E-state index contributed by atoms with van der Waals surface area (Å²) in [5.74, 6) is 1.53. The van der Waals surface area contributed by atoms with E-state index in [4.69, 9.17) is 14.0 Å². The fourth-order valence-corrected chi connectivity index (χ4v) is 3.82. The average Bonchev–Trinajstić information content (AvgIpc) is 3.44. The second-order valence-electron chi connectivity index (χ2n) is 7.98. The van der Waals surface area contributed by atoms with Gasteiger partial charge in [0.25, 0.3) is 11.6 Å². The average molecular weight is 429 g/mol. The fourth-order valence-electron chi connectivity index (χ4n) is 3.82. The van der Waals surface area contributed by atoms with Crippen molar-refractivity contribution in [1.29, 1.82) is 0 Å². The van der Waals surface area contributed by atoms with E-state index < -0.39 is 0 Å². The van der Waals surface area contributed by atoms with E-state index in [1.807, 2.05) is 37.3 Å². The van der Waals surface area contributed by atoms with Crippen LogP contribution in [0.15, 0.2) is 53.1 Å². The Morgan fingerprint density at radius 2 is 1.88 bits per heavy atom. The molecule has 7 heteroatoms. The van der Waals surface area contributed by atoms with Crippen LogP contribution in [0.5, 0.6) is 11.5 Å². The first-order valence-electron chi connectivity index (χ1n) is 10.6. The predicted molar refractivity (Wildman–Crippen MR) is 121 cm³/mol. The Labute approximate surface area is 185 Å². The van der Waals surface area contributed by atoms with Crippen LogP contribution in [-0.4, -0.2) is 22.8 Å². The highest BCUT2D eigenvalue weighted by atomic mass is 16.7. The number of pyridine rings is 1. The van der Waals surface area contributed by atoms with Crippen LogP contribution < -0.4 is 14.8 Å². The lowest BCUT2D eigenvalue weighted by molar-refractivity contribution is 0.102. The van der Waals surface area contributed by atoms with Crippen LogP contribution in [0.1, 0.15) is 47.8 Å². The molecule has 0 saturated heterocycles. The highest BCUT2D eigenvalue weighted by Gasteiger charge is 2.23. The smallest absolute Gasteiger partial charge is 0.259 e. The molecule has 2 aromatic carbocycles. The molecular weight excluding hydrogens is 406 g/mol. The molecule has 5 rings (SSSR count). The molecule has 162 valence electrons. The van der Waals surface area contributed by atoms with E-state index >= 15 is 0 Å². The van der Waals surface area contributed by atoms with E-state index in [9.17, 15) is 4.79 Å². The molecule has 1 aliphatic rings. The molecule has 1 atom stereocenters. The Bertz CT molecular complexity index is 1310. The van der Waals surface area contributed by atoms with E-state index in [0.29, 0.717) is 45.5 Å². The number of carbonyl (C=O) groups is 1. The molecule has 7 nitrogen and oxygen atoms in total. The molecule has 0 spiro atoms. The summed E-state index contributed by atoms with van der Waals surface area (Å²) in [4.78, 5) is 17.7. The van der Waals surface area contributed by atoms with Gasteiger partial charge in [0.2, 0.25) is 6.79 Å². The van der Waals surface area contributed by atoms with Gasteiger partial charge in [-0.05, 0) is 61.2 Å². The third-order valence-corrected chi connectivity index (χ3v) is 5.82. The number of fused-ring (bicyclic) bond motifs is 2. The molecule has 0 radical (unpaired) electrons. The van der Waals surface area contributed by atoms with Crippen molar-refractivity contribution >= 4 is 22.7 Å². The van der Waals surface area contributed by atoms with Gasteiger partial charge in [-0.25, -0.2) is 4.98 Å². The van der Waals surface area contributed by atoms with Crippen LogP contribution in [0.3, 0.4) is 0 Å². The highest BCUT2D eigenvalue weighted by molar-refractivity contribution is 6.14. The predicted octanol–water partition coefficient (Wildman–Crippen LogP) is 5.69. The number of aryl methyl sites for hydroxylation is 1. The van der Waals surface area contributed by atoms with Crippen molar-refractivity contribution in [2.24, 2.45) is 0 Å². The summed E-state index contributed by atoms with van der Waals surface area (Å²) in [6, 6.07) is 15.2. The molecule has 0 saturated carbocycles. The Morgan fingerprint density at radius 3 is 2.66 bits per heavy atom. The van der Waals surface area contributed by atoms with Crippen LogP contribution in [0, 0.1) is 6.92 Å². The van der Waals surface area contributed by atoms with Gasteiger partial charge in [0.05, 0.1) is 10.9 Å². The second kappa shape index (κ2) is 8.00. The molecule has 32 heavy (non-hydrogen) atoms. The van der Waals surface area contributed by atoms with E-state index in [0.717, 1.165) is 17.7 Å². The molecule has 1 amide bonds. The van der Waals surface area contributed by atoms with Crippen molar-refractivity contribution in [3.8, 4) is 22.8 Å². The topological polar surface area (TPSA) is 86.5 Å². The number of amides is 1. The van der Waals surface area contributed by atoms with Crippen molar-refractivity contribution in [1.82, 2.24) is 10.1 Å². The first-order valence-corrected chi connectivity index (χ1v) is 10.6. The summed E-state index contributed by atoms with van der Waals surface area (Å²) in [5, 5.41) is 7.76. The van der Waals surface area contributed by atoms with Crippen molar-refractivity contribution in [3.63, 3.8) is 0 Å². The third kappa shape index (κ3) is 3.56. The van der Waals surface area contributed by atoms with Gasteiger partial charge in [-0.2, -0.15) is 0 Å². The first kappa shape index (κ1) is 20.1. The van der Waals surface area contributed by atoms with Gasteiger partial charge in [-0.1, -0.05) is 31.1 Å². The quantitative estimate of drug-likeness (QED) is 0.438. The number of benzene rings is 2. The Morgan fingerprint density at radius 1 is 1.09 bits per heavy atom. The van der Waals surface area contributed by atoms with E-state index in [-0.39, 0.29) is 12.7 Å². The maximum absolute atomic E-state index is 13.3. The van der Waals surface area contributed by atoms with Crippen molar-refractivity contribution in [2.45, 2.75) is 33.1 Å². The van der Waals surface area contributed by atoms with E-state index in [1.165, 1.54) is 5.56 Å². The van der Waals surface area contributed by atoms with Gasteiger partial charge in [0.1, 0.15) is 5.69 Å². The van der Waals surface area contributed by atoms with Gasteiger partial charge < -0.3 is 19.3 Å².